The molecule has 0 aliphatic carbocycles. The summed E-state index contributed by atoms with van der Waals surface area (Å²) in [6.45, 7) is 3.61. The molecule has 0 radical (unpaired) electrons. The highest BCUT2D eigenvalue weighted by atomic mass is 32.2. The number of aliphatic hydroxyl groups is 1. The minimum atomic E-state index is -3.37. The predicted molar refractivity (Wildman–Crippen MR) is 108 cm³/mol. The second kappa shape index (κ2) is 9.58. The molecular formula is C21H27F2NO3S. The lowest BCUT2D eigenvalue weighted by molar-refractivity contribution is -0.0885. The maximum absolute atomic E-state index is 14.6. The van der Waals surface area contributed by atoms with E-state index in [4.69, 9.17) is 4.74 Å². The molecule has 0 saturated carbocycles. The third-order valence-corrected chi connectivity index (χ3v) is 6.39. The zero-order valence-corrected chi connectivity index (χ0v) is 17.1. The molecule has 2 rings (SSSR count). The summed E-state index contributed by atoms with van der Waals surface area (Å²) in [6, 6.07) is 15.6. The van der Waals surface area contributed by atoms with Crippen LogP contribution >= 0.6 is 0 Å². The van der Waals surface area contributed by atoms with E-state index < -0.39 is 29.1 Å². The molecule has 0 fully saturated rings. The lowest BCUT2D eigenvalue weighted by Crippen LogP contribution is -2.58. The van der Waals surface area contributed by atoms with E-state index in [1.54, 1.807) is 19.1 Å². The van der Waals surface area contributed by atoms with Gasteiger partial charge in [-0.1, -0.05) is 49.4 Å². The molecule has 2 aromatic rings. The molecule has 154 valence electrons. The fourth-order valence-corrected chi connectivity index (χ4v) is 3.89. The van der Waals surface area contributed by atoms with E-state index >= 15 is 0 Å². The highest BCUT2D eigenvalue weighted by molar-refractivity contribution is 7.83. The second-order valence-electron chi connectivity index (χ2n) is 6.87. The van der Waals surface area contributed by atoms with Crippen molar-refractivity contribution in [3.63, 3.8) is 0 Å². The number of hydrogen-bond donors (Lipinski definition) is 2. The van der Waals surface area contributed by atoms with Crippen LogP contribution in [0.15, 0.2) is 54.6 Å². The first-order valence-corrected chi connectivity index (χ1v) is 10.4. The largest absolute Gasteiger partial charge is 0.489 e. The van der Waals surface area contributed by atoms with Gasteiger partial charge in [0.15, 0.2) is 0 Å². The molecule has 2 aromatic carbocycles. The van der Waals surface area contributed by atoms with Gasteiger partial charge in [-0.15, -0.1) is 0 Å². The minimum Gasteiger partial charge on any atom is -0.489 e. The molecular weight excluding hydrogens is 384 g/mol. The molecule has 0 aromatic heterocycles. The van der Waals surface area contributed by atoms with E-state index in [0.29, 0.717) is 19.1 Å². The Balaban J connectivity index is 2.33. The van der Waals surface area contributed by atoms with Crippen LogP contribution in [0.2, 0.25) is 0 Å². The molecule has 0 heterocycles. The lowest BCUT2D eigenvalue weighted by Gasteiger charge is -2.38. The van der Waals surface area contributed by atoms with Gasteiger partial charge in [-0.3, -0.25) is 0 Å². The van der Waals surface area contributed by atoms with Crippen molar-refractivity contribution in [2.24, 2.45) is 0 Å². The van der Waals surface area contributed by atoms with Gasteiger partial charge in [-0.2, -0.15) is 0 Å². The van der Waals surface area contributed by atoms with Gasteiger partial charge in [-0.25, -0.2) is 17.7 Å². The van der Waals surface area contributed by atoms with Crippen LogP contribution in [-0.4, -0.2) is 27.1 Å². The predicted octanol–water partition coefficient (Wildman–Crippen LogP) is 4.16. The highest BCUT2D eigenvalue weighted by Gasteiger charge is 2.52. The van der Waals surface area contributed by atoms with Crippen LogP contribution < -0.4 is 9.46 Å². The maximum atomic E-state index is 14.6. The van der Waals surface area contributed by atoms with E-state index in [-0.39, 0.29) is 17.4 Å². The van der Waals surface area contributed by atoms with Gasteiger partial charge >= 0.3 is 0 Å². The van der Waals surface area contributed by atoms with Gasteiger partial charge in [0, 0.05) is 12.2 Å². The van der Waals surface area contributed by atoms with Crippen LogP contribution in [0.25, 0.3) is 0 Å². The summed E-state index contributed by atoms with van der Waals surface area (Å²) in [7, 11) is -1.75. The summed E-state index contributed by atoms with van der Waals surface area (Å²) in [5, 5.41) is 9.61. The summed E-state index contributed by atoms with van der Waals surface area (Å²) in [4.78, 5) is 0. The molecule has 28 heavy (non-hydrogen) atoms. The minimum absolute atomic E-state index is 0.115. The molecule has 0 aliphatic rings. The quantitative estimate of drug-likeness (QED) is 0.617. The molecule has 0 spiro atoms. The lowest BCUT2D eigenvalue weighted by atomic mass is 9.86. The second-order valence-corrected chi connectivity index (χ2v) is 8.48. The van der Waals surface area contributed by atoms with Gasteiger partial charge < -0.3 is 9.84 Å². The van der Waals surface area contributed by atoms with Crippen LogP contribution in [-0.2, 0) is 23.1 Å². The molecule has 0 bridgehead atoms. The molecule has 4 nitrogen and oxygen atoms in total. The van der Waals surface area contributed by atoms with Crippen molar-refractivity contribution in [1.29, 1.82) is 0 Å². The number of rotatable bonds is 10. The number of alkyl halides is 2. The molecule has 7 heteroatoms. The third-order valence-electron chi connectivity index (χ3n) is 4.78. The van der Waals surface area contributed by atoms with Crippen molar-refractivity contribution in [2.75, 3.05) is 6.61 Å². The van der Waals surface area contributed by atoms with Crippen LogP contribution in [0.5, 0.6) is 5.75 Å². The topological polar surface area (TPSA) is 58.6 Å². The monoisotopic (exact) mass is 411 g/mol. The van der Waals surface area contributed by atoms with Crippen molar-refractivity contribution < 1.29 is 22.8 Å². The summed E-state index contributed by atoms with van der Waals surface area (Å²) in [5.74, 6) is -2.98. The van der Waals surface area contributed by atoms with E-state index in [9.17, 15) is 18.1 Å². The molecule has 3 atom stereocenters. The standard InChI is InChI=1S/C21H27F2NO3S/c1-4-16(2)28(26)24-21(15-25,20(3,22)23)18-11-8-12-19(13-18)27-14-17-9-6-5-7-10-17/h5-13,16,24-25H,4,14-15H2,1-3H3/t16-,21+,28?/m1/s1. The first-order valence-electron chi connectivity index (χ1n) is 9.18. The van der Waals surface area contributed by atoms with E-state index in [1.165, 1.54) is 12.1 Å². The zero-order valence-electron chi connectivity index (χ0n) is 16.3. The number of nitrogens with one attached hydrogen (secondary N) is 1. The fourth-order valence-electron chi connectivity index (χ4n) is 2.68. The Morgan fingerprint density at radius 3 is 2.43 bits per heavy atom. The summed E-state index contributed by atoms with van der Waals surface area (Å²) in [6.07, 6.45) is 0.552. The Morgan fingerprint density at radius 2 is 1.86 bits per heavy atom. The Kier molecular flexibility index (Phi) is 7.69. The SMILES string of the molecule is CC[C@@H](C)S(=O)N[C@@](CO)(c1cccc(OCc2ccccc2)c1)C(C)(F)F. The zero-order chi connectivity index (χ0) is 20.8. The van der Waals surface area contributed by atoms with E-state index in [2.05, 4.69) is 4.72 Å². The van der Waals surface area contributed by atoms with Crippen molar-refractivity contribution >= 4 is 11.0 Å². The number of benzene rings is 2. The fraction of sp³-hybridized carbons (Fsp3) is 0.429. The molecule has 1 unspecified atom stereocenters. The Morgan fingerprint density at radius 1 is 1.18 bits per heavy atom. The van der Waals surface area contributed by atoms with Crippen LogP contribution in [0.4, 0.5) is 8.78 Å². The number of ether oxygens (including phenoxy) is 1. The van der Waals surface area contributed by atoms with E-state index in [0.717, 1.165) is 5.56 Å². The number of aliphatic hydroxyl groups excluding tert-OH is 1. The van der Waals surface area contributed by atoms with Crippen LogP contribution in [0, 0.1) is 0 Å². The highest BCUT2D eigenvalue weighted by Crippen LogP contribution is 2.39. The Labute approximate surface area is 167 Å². The van der Waals surface area contributed by atoms with E-state index in [1.807, 2.05) is 37.3 Å². The first kappa shape index (κ1) is 22.5. The third kappa shape index (κ3) is 5.16. The van der Waals surface area contributed by atoms with Crippen molar-refractivity contribution in [3.8, 4) is 5.75 Å². The summed E-state index contributed by atoms with van der Waals surface area (Å²) >= 11 is 0. The van der Waals surface area contributed by atoms with Crippen molar-refractivity contribution in [2.45, 2.75) is 50.5 Å². The smallest absolute Gasteiger partial charge is 0.270 e. The van der Waals surface area contributed by atoms with Crippen LogP contribution in [0.3, 0.4) is 0 Å². The van der Waals surface area contributed by atoms with Gasteiger partial charge in [-0.05, 0) is 36.6 Å². The van der Waals surface area contributed by atoms with Crippen molar-refractivity contribution in [1.82, 2.24) is 4.72 Å². The van der Waals surface area contributed by atoms with Crippen molar-refractivity contribution in [3.05, 3.63) is 65.7 Å². The average Bonchev–Trinajstić information content (AvgIpc) is 2.69. The van der Waals surface area contributed by atoms with Gasteiger partial charge in [0.05, 0.1) is 17.6 Å². The first-order chi connectivity index (χ1) is 13.2. The molecule has 0 saturated heterocycles. The normalized spacial score (nSPS) is 16.2. The maximum Gasteiger partial charge on any atom is 0.270 e. The molecule has 0 amide bonds. The number of halogens is 2. The van der Waals surface area contributed by atoms with Gasteiger partial charge in [0.1, 0.15) is 17.9 Å². The Bertz CT molecular complexity index is 783. The molecule has 0 aliphatic heterocycles. The number of hydrogen-bond acceptors (Lipinski definition) is 3. The summed E-state index contributed by atoms with van der Waals surface area (Å²) in [5.41, 5.74) is -1.13. The molecule has 2 N–H and O–H groups in total. The van der Waals surface area contributed by atoms with Crippen LogP contribution in [0.1, 0.15) is 38.3 Å². The van der Waals surface area contributed by atoms with Gasteiger partial charge in [0.2, 0.25) is 0 Å². The summed E-state index contributed by atoms with van der Waals surface area (Å²) < 4.78 is 50.0. The average molecular weight is 412 g/mol. The Hall–Kier alpha value is -1.83. The van der Waals surface area contributed by atoms with Gasteiger partial charge in [0.25, 0.3) is 5.92 Å².